The highest BCUT2D eigenvalue weighted by Gasteiger charge is 2.58. The lowest BCUT2D eigenvalue weighted by molar-refractivity contribution is -0.118. The van der Waals surface area contributed by atoms with Crippen molar-refractivity contribution in [2.24, 2.45) is 5.41 Å². The van der Waals surface area contributed by atoms with Crippen molar-refractivity contribution in [3.63, 3.8) is 0 Å². The Morgan fingerprint density at radius 2 is 2.25 bits per heavy atom. The molecule has 3 unspecified atom stereocenters. The van der Waals surface area contributed by atoms with E-state index in [0.717, 1.165) is 44.8 Å². The second kappa shape index (κ2) is 6.26. The largest absolute Gasteiger partial charge is 0.379 e. The first-order valence-electron chi connectivity index (χ1n) is 8.56. The fourth-order valence-electron chi connectivity index (χ4n) is 3.73. The first-order chi connectivity index (χ1) is 11.5. The fraction of sp³-hybridized carbons (Fsp3) is 0.647. The summed E-state index contributed by atoms with van der Waals surface area (Å²) in [5, 5.41) is 6.78. The van der Waals surface area contributed by atoms with E-state index in [0.29, 0.717) is 22.4 Å². The lowest BCUT2D eigenvalue weighted by atomic mass is 10.0. The van der Waals surface area contributed by atoms with Crippen LogP contribution in [0.2, 0.25) is 5.15 Å². The minimum atomic E-state index is -0.134. The first-order valence-corrected chi connectivity index (χ1v) is 8.94. The van der Waals surface area contributed by atoms with Crippen LogP contribution in [-0.2, 0) is 16.1 Å². The Kier molecular flexibility index (Phi) is 4.24. The highest BCUT2D eigenvalue weighted by Crippen LogP contribution is 2.53. The zero-order valence-electron chi connectivity index (χ0n) is 13.8. The fourth-order valence-corrected chi connectivity index (χ4v) is 3.88. The molecule has 0 spiro atoms. The van der Waals surface area contributed by atoms with Crippen LogP contribution in [0, 0.1) is 5.41 Å². The van der Waals surface area contributed by atoms with Crippen molar-refractivity contribution in [2.75, 3.05) is 31.6 Å². The van der Waals surface area contributed by atoms with Crippen LogP contribution in [0.1, 0.15) is 25.3 Å². The van der Waals surface area contributed by atoms with Crippen molar-refractivity contribution in [3.8, 4) is 0 Å². The van der Waals surface area contributed by atoms with Gasteiger partial charge in [-0.2, -0.15) is 0 Å². The number of nitrogens with one attached hydrogen (secondary N) is 2. The van der Waals surface area contributed by atoms with Crippen LogP contribution in [0.15, 0.2) is 12.1 Å². The molecule has 2 N–H and O–H groups in total. The van der Waals surface area contributed by atoms with Crippen molar-refractivity contribution in [3.05, 3.63) is 22.8 Å². The summed E-state index contributed by atoms with van der Waals surface area (Å²) >= 11 is 6.04. The summed E-state index contributed by atoms with van der Waals surface area (Å²) < 4.78 is 5.39. The predicted molar refractivity (Wildman–Crippen MR) is 92.0 cm³/mol. The number of carbonyl (C=O) groups is 1. The van der Waals surface area contributed by atoms with Crippen molar-refractivity contribution in [1.82, 2.24) is 15.2 Å². The highest BCUT2D eigenvalue weighted by molar-refractivity contribution is 6.29. The molecule has 7 heteroatoms. The second-order valence-corrected chi connectivity index (χ2v) is 7.74. The van der Waals surface area contributed by atoms with Crippen LogP contribution in [-0.4, -0.2) is 54.2 Å². The minimum absolute atomic E-state index is 0.0126. The maximum Gasteiger partial charge on any atom is 0.242 e. The van der Waals surface area contributed by atoms with Gasteiger partial charge in [0.25, 0.3) is 0 Å². The van der Waals surface area contributed by atoms with Crippen molar-refractivity contribution in [2.45, 2.75) is 38.4 Å². The number of ether oxygens (including phenoxy) is 1. The monoisotopic (exact) mass is 350 g/mol. The molecule has 3 aliphatic rings. The number of nitrogens with zero attached hydrogens (tertiary/aromatic N) is 2. The topological polar surface area (TPSA) is 66.5 Å². The number of hydrogen-bond acceptors (Lipinski definition) is 5. The van der Waals surface area contributed by atoms with Crippen LogP contribution in [0.25, 0.3) is 0 Å². The number of amides is 1. The summed E-state index contributed by atoms with van der Waals surface area (Å²) in [7, 11) is 0. The van der Waals surface area contributed by atoms with Crippen LogP contribution < -0.4 is 10.6 Å². The van der Waals surface area contributed by atoms with Gasteiger partial charge in [0, 0.05) is 31.2 Å². The van der Waals surface area contributed by atoms with E-state index in [2.05, 4.69) is 27.4 Å². The molecule has 1 aromatic rings. The third kappa shape index (κ3) is 3.28. The molecule has 0 bridgehead atoms. The van der Waals surface area contributed by atoms with Crippen molar-refractivity contribution in [1.29, 1.82) is 0 Å². The average molecular weight is 351 g/mol. The maximum absolute atomic E-state index is 12.6. The van der Waals surface area contributed by atoms with Gasteiger partial charge in [-0.05, 0) is 24.3 Å². The Labute approximate surface area is 146 Å². The number of hydrogen-bond donors (Lipinski definition) is 2. The molecule has 4 rings (SSSR count). The van der Waals surface area contributed by atoms with Gasteiger partial charge in [-0.15, -0.1) is 0 Å². The third-order valence-corrected chi connectivity index (χ3v) is 5.64. The van der Waals surface area contributed by atoms with Gasteiger partial charge in [-0.1, -0.05) is 24.6 Å². The van der Waals surface area contributed by atoms with E-state index in [1.807, 2.05) is 6.07 Å². The summed E-state index contributed by atoms with van der Waals surface area (Å²) in [4.78, 5) is 19.2. The number of halogens is 1. The van der Waals surface area contributed by atoms with E-state index < -0.39 is 0 Å². The van der Waals surface area contributed by atoms with Gasteiger partial charge in [0.05, 0.1) is 19.3 Å². The van der Waals surface area contributed by atoms with Crippen LogP contribution in [0.4, 0.5) is 5.82 Å². The van der Waals surface area contributed by atoms with Crippen LogP contribution in [0.5, 0.6) is 0 Å². The molecular weight excluding hydrogens is 328 g/mol. The quantitative estimate of drug-likeness (QED) is 0.808. The Bertz CT molecular complexity index is 649. The molecule has 3 fully saturated rings. The van der Waals surface area contributed by atoms with E-state index in [1.165, 1.54) is 6.42 Å². The van der Waals surface area contributed by atoms with E-state index in [-0.39, 0.29) is 11.9 Å². The molecule has 1 aliphatic carbocycles. The first kappa shape index (κ1) is 16.3. The zero-order valence-corrected chi connectivity index (χ0v) is 14.6. The van der Waals surface area contributed by atoms with Gasteiger partial charge in [-0.3, -0.25) is 9.69 Å². The molecule has 3 heterocycles. The van der Waals surface area contributed by atoms with Gasteiger partial charge in [0.15, 0.2) is 0 Å². The Balaban J connectivity index is 1.45. The number of pyridine rings is 1. The van der Waals surface area contributed by atoms with Gasteiger partial charge in [0.1, 0.15) is 11.0 Å². The third-order valence-electron chi connectivity index (χ3n) is 5.42. The number of fused-ring (bicyclic) bond motifs is 1. The molecular formula is C17H23ClN4O2. The molecule has 2 saturated heterocycles. The highest BCUT2D eigenvalue weighted by atomic mass is 35.5. The van der Waals surface area contributed by atoms with E-state index in [9.17, 15) is 4.79 Å². The number of anilines is 1. The summed E-state index contributed by atoms with van der Waals surface area (Å²) in [5.41, 5.74) is 1.30. The lowest BCUT2D eigenvalue weighted by Crippen LogP contribution is -2.39. The summed E-state index contributed by atoms with van der Waals surface area (Å²) in [6.07, 6.45) is 2.07. The van der Waals surface area contributed by atoms with Gasteiger partial charge < -0.3 is 15.4 Å². The normalized spacial score (nSPS) is 32.4. The summed E-state index contributed by atoms with van der Waals surface area (Å²) in [5.74, 6) is 0.563. The Morgan fingerprint density at radius 3 is 2.96 bits per heavy atom. The number of morpholine rings is 1. The molecule has 24 heavy (non-hydrogen) atoms. The number of aromatic nitrogens is 1. The smallest absolute Gasteiger partial charge is 0.242 e. The van der Waals surface area contributed by atoms with E-state index in [4.69, 9.17) is 16.3 Å². The standard InChI is InChI=1S/C17H23ClN4O2/c1-17-8-12(19-13(17)9-17)16(23)21-15-11(2-3-14(18)20-15)10-22-4-6-24-7-5-22/h2-3,12-13,19H,4-10H2,1H3,(H,20,21,23). The Morgan fingerprint density at radius 1 is 1.46 bits per heavy atom. The molecule has 1 aromatic heterocycles. The van der Waals surface area contributed by atoms with Crippen molar-refractivity contribution >= 4 is 23.3 Å². The van der Waals surface area contributed by atoms with Crippen LogP contribution >= 0.6 is 11.6 Å². The number of rotatable bonds is 4. The molecule has 130 valence electrons. The summed E-state index contributed by atoms with van der Waals surface area (Å²) in [6.45, 7) is 6.24. The molecule has 1 saturated carbocycles. The molecule has 6 nitrogen and oxygen atoms in total. The van der Waals surface area contributed by atoms with E-state index >= 15 is 0 Å². The van der Waals surface area contributed by atoms with Gasteiger partial charge in [-0.25, -0.2) is 4.98 Å². The number of carbonyl (C=O) groups excluding carboxylic acids is 1. The molecule has 0 aromatic carbocycles. The average Bonchev–Trinajstić information content (AvgIpc) is 3.08. The van der Waals surface area contributed by atoms with Gasteiger partial charge >= 0.3 is 0 Å². The SMILES string of the molecule is CC12CC(C(=O)Nc3nc(Cl)ccc3CN3CCOCC3)NC1C2. The second-order valence-electron chi connectivity index (χ2n) is 7.35. The molecule has 1 amide bonds. The zero-order chi connectivity index (χ0) is 16.7. The predicted octanol–water partition coefficient (Wildman–Crippen LogP) is 1.65. The van der Waals surface area contributed by atoms with Gasteiger partial charge in [0.2, 0.25) is 5.91 Å². The van der Waals surface area contributed by atoms with E-state index in [1.54, 1.807) is 6.07 Å². The molecule has 2 aliphatic heterocycles. The van der Waals surface area contributed by atoms with Crippen molar-refractivity contribution < 1.29 is 9.53 Å². The minimum Gasteiger partial charge on any atom is -0.379 e. The molecule has 3 atom stereocenters. The summed E-state index contributed by atoms with van der Waals surface area (Å²) in [6, 6.07) is 4.08. The Hall–Kier alpha value is -1.21. The number of piperidine rings is 1. The lowest BCUT2D eigenvalue weighted by Gasteiger charge is -2.27. The molecule has 0 radical (unpaired) electrons. The maximum atomic E-state index is 12.6. The van der Waals surface area contributed by atoms with Crippen LogP contribution in [0.3, 0.4) is 0 Å².